The third-order valence-electron chi connectivity index (χ3n) is 2.15. The summed E-state index contributed by atoms with van der Waals surface area (Å²) in [6.45, 7) is 7.50. The van der Waals surface area contributed by atoms with Crippen molar-refractivity contribution < 1.29 is 14.6 Å². The summed E-state index contributed by atoms with van der Waals surface area (Å²) in [5.74, 6) is 0.0184. The maximum Gasteiger partial charge on any atom is 0.316 e. The number of hydrogen-bond acceptors (Lipinski definition) is 4. The molecule has 100 valence electrons. The van der Waals surface area contributed by atoms with Crippen LogP contribution in [0.4, 0.5) is 0 Å². The third kappa shape index (κ3) is 5.10. The third-order valence-corrected chi connectivity index (χ3v) is 3.24. The molecule has 0 bridgehead atoms. The maximum absolute atomic E-state index is 11.6. The lowest BCUT2D eigenvalue weighted by Crippen LogP contribution is -2.24. The van der Waals surface area contributed by atoms with Gasteiger partial charge in [-0.15, -0.1) is 11.8 Å². The van der Waals surface area contributed by atoms with E-state index in [1.807, 2.05) is 45.9 Å². The molecule has 0 spiro atoms. The second-order valence-corrected chi connectivity index (χ2v) is 6.16. The minimum atomic E-state index is -0.454. The van der Waals surface area contributed by atoms with Crippen molar-refractivity contribution in [2.45, 2.75) is 44.8 Å². The highest BCUT2D eigenvalue weighted by Gasteiger charge is 2.16. The van der Waals surface area contributed by atoms with Gasteiger partial charge in [-0.05, 0) is 39.3 Å². The summed E-state index contributed by atoms with van der Waals surface area (Å²) in [6.07, 6.45) is 0. The lowest BCUT2D eigenvalue weighted by Gasteiger charge is -2.19. The van der Waals surface area contributed by atoms with Gasteiger partial charge in [0.05, 0.1) is 12.4 Å². The first-order chi connectivity index (χ1) is 8.31. The summed E-state index contributed by atoms with van der Waals surface area (Å²) in [6, 6.07) is 5.82. The van der Waals surface area contributed by atoms with E-state index in [0.717, 1.165) is 16.0 Å². The van der Waals surface area contributed by atoms with Crippen molar-refractivity contribution in [3.63, 3.8) is 0 Å². The van der Waals surface area contributed by atoms with Crippen molar-refractivity contribution in [3.8, 4) is 0 Å². The number of thioether (sulfide) groups is 1. The van der Waals surface area contributed by atoms with Gasteiger partial charge >= 0.3 is 5.97 Å². The van der Waals surface area contributed by atoms with Crippen LogP contribution in [0, 0.1) is 6.92 Å². The molecule has 0 radical (unpaired) electrons. The summed E-state index contributed by atoms with van der Waals surface area (Å²) in [5, 5.41) is 9.27. The van der Waals surface area contributed by atoms with Crippen LogP contribution in [0.15, 0.2) is 23.1 Å². The monoisotopic (exact) mass is 268 g/mol. The van der Waals surface area contributed by atoms with Gasteiger partial charge < -0.3 is 9.84 Å². The zero-order valence-electron chi connectivity index (χ0n) is 11.3. The Labute approximate surface area is 113 Å². The largest absolute Gasteiger partial charge is 0.459 e. The van der Waals surface area contributed by atoms with Gasteiger partial charge in [0.1, 0.15) is 5.60 Å². The molecule has 1 N–H and O–H groups in total. The van der Waals surface area contributed by atoms with E-state index < -0.39 is 5.60 Å². The van der Waals surface area contributed by atoms with E-state index >= 15 is 0 Å². The van der Waals surface area contributed by atoms with Crippen molar-refractivity contribution in [1.29, 1.82) is 0 Å². The zero-order valence-corrected chi connectivity index (χ0v) is 12.1. The number of carbonyl (C=O) groups excluding carboxylic acids is 1. The number of aliphatic hydroxyl groups is 1. The molecule has 0 aliphatic heterocycles. The summed E-state index contributed by atoms with van der Waals surface area (Å²) in [4.78, 5) is 12.5. The highest BCUT2D eigenvalue weighted by Crippen LogP contribution is 2.24. The summed E-state index contributed by atoms with van der Waals surface area (Å²) >= 11 is 1.39. The number of carbonyl (C=O) groups is 1. The van der Waals surface area contributed by atoms with Crippen LogP contribution >= 0.6 is 11.8 Å². The molecule has 0 unspecified atom stereocenters. The fourth-order valence-electron chi connectivity index (χ4n) is 1.48. The Morgan fingerprint density at radius 3 is 2.61 bits per heavy atom. The first kappa shape index (κ1) is 15.1. The number of hydrogen-bond donors (Lipinski definition) is 1. The van der Waals surface area contributed by atoms with E-state index in [-0.39, 0.29) is 18.3 Å². The van der Waals surface area contributed by atoms with Crippen molar-refractivity contribution in [1.82, 2.24) is 0 Å². The van der Waals surface area contributed by atoms with Crippen LogP contribution in [0.2, 0.25) is 0 Å². The Morgan fingerprint density at radius 2 is 2.06 bits per heavy atom. The highest BCUT2D eigenvalue weighted by atomic mass is 32.2. The van der Waals surface area contributed by atoms with E-state index in [1.165, 1.54) is 11.8 Å². The number of rotatable bonds is 4. The molecule has 4 heteroatoms. The van der Waals surface area contributed by atoms with Crippen molar-refractivity contribution in [2.75, 3.05) is 5.75 Å². The fourth-order valence-corrected chi connectivity index (χ4v) is 2.29. The SMILES string of the molecule is Cc1ccc(SCC(=O)OC(C)(C)C)c(CO)c1. The molecule has 1 aromatic carbocycles. The average Bonchev–Trinajstić information content (AvgIpc) is 2.24. The van der Waals surface area contributed by atoms with E-state index in [1.54, 1.807) is 0 Å². The van der Waals surface area contributed by atoms with Gasteiger partial charge in [0.15, 0.2) is 0 Å². The van der Waals surface area contributed by atoms with Crippen molar-refractivity contribution in [2.24, 2.45) is 0 Å². The molecule has 0 aliphatic carbocycles. The van der Waals surface area contributed by atoms with Gasteiger partial charge in [0.2, 0.25) is 0 Å². The topological polar surface area (TPSA) is 46.5 Å². The van der Waals surface area contributed by atoms with E-state index in [2.05, 4.69) is 0 Å². The molecular formula is C14H20O3S. The van der Waals surface area contributed by atoms with Crippen LogP contribution in [0.5, 0.6) is 0 Å². The van der Waals surface area contributed by atoms with Crippen molar-refractivity contribution >= 4 is 17.7 Å². The standard InChI is InChI=1S/C14H20O3S/c1-10-5-6-12(11(7-10)8-15)18-9-13(16)17-14(2,3)4/h5-7,15H,8-9H2,1-4H3. The Bertz CT molecular complexity index is 422. The first-order valence-electron chi connectivity index (χ1n) is 5.87. The molecule has 0 aromatic heterocycles. The number of benzene rings is 1. The fraction of sp³-hybridized carbons (Fsp3) is 0.500. The van der Waals surface area contributed by atoms with Crippen LogP contribution in [0.1, 0.15) is 31.9 Å². The summed E-state index contributed by atoms with van der Waals surface area (Å²) in [7, 11) is 0. The molecule has 0 fully saturated rings. The highest BCUT2D eigenvalue weighted by molar-refractivity contribution is 8.00. The predicted molar refractivity (Wildman–Crippen MR) is 73.7 cm³/mol. The smallest absolute Gasteiger partial charge is 0.316 e. The molecule has 1 aromatic rings. The Kier molecular flexibility index (Phi) is 5.23. The van der Waals surface area contributed by atoms with Crippen LogP contribution in [-0.4, -0.2) is 22.4 Å². The molecule has 1 rings (SSSR count). The van der Waals surface area contributed by atoms with Crippen molar-refractivity contribution in [3.05, 3.63) is 29.3 Å². The van der Waals surface area contributed by atoms with Gasteiger partial charge in [-0.2, -0.15) is 0 Å². The van der Waals surface area contributed by atoms with E-state index in [9.17, 15) is 9.90 Å². The Morgan fingerprint density at radius 1 is 1.39 bits per heavy atom. The minimum Gasteiger partial charge on any atom is -0.459 e. The Hall–Kier alpha value is -1.00. The average molecular weight is 268 g/mol. The van der Waals surface area contributed by atoms with E-state index in [0.29, 0.717) is 0 Å². The molecule has 0 atom stereocenters. The van der Waals surface area contributed by atoms with Gasteiger partial charge in [-0.25, -0.2) is 0 Å². The van der Waals surface area contributed by atoms with Crippen LogP contribution in [0.25, 0.3) is 0 Å². The predicted octanol–water partition coefficient (Wildman–Crippen LogP) is 2.92. The second-order valence-electron chi connectivity index (χ2n) is 5.14. The van der Waals surface area contributed by atoms with Gasteiger partial charge in [-0.1, -0.05) is 17.7 Å². The molecule has 0 aliphatic rings. The Balaban J connectivity index is 2.61. The molecule has 0 saturated carbocycles. The lowest BCUT2D eigenvalue weighted by molar-refractivity contribution is -0.151. The molecule has 0 saturated heterocycles. The second kappa shape index (κ2) is 6.25. The van der Waals surface area contributed by atoms with Gasteiger partial charge in [0.25, 0.3) is 0 Å². The number of aliphatic hydroxyl groups excluding tert-OH is 1. The van der Waals surface area contributed by atoms with Gasteiger partial charge in [-0.3, -0.25) is 4.79 Å². The zero-order chi connectivity index (χ0) is 13.8. The number of esters is 1. The van der Waals surface area contributed by atoms with Crippen LogP contribution in [0.3, 0.4) is 0 Å². The molecular weight excluding hydrogens is 248 g/mol. The normalized spacial score (nSPS) is 11.4. The summed E-state index contributed by atoms with van der Waals surface area (Å²) < 4.78 is 5.23. The van der Waals surface area contributed by atoms with Crippen LogP contribution in [-0.2, 0) is 16.1 Å². The minimum absolute atomic E-state index is 0.0155. The number of ether oxygens (including phenoxy) is 1. The molecule has 0 heterocycles. The number of aryl methyl sites for hydroxylation is 1. The molecule has 0 amide bonds. The quantitative estimate of drug-likeness (QED) is 0.673. The maximum atomic E-state index is 11.6. The van der Waals surface area contributed by atoms with E-state index in [4.69, 9.17) is 4.74 Å². The molecule has 18 heavy (non-hydrogen) atoms. The first-order valence-corrected chi connectivity index (χ1v) is 6.85. The lowest BCUT2D eigenvalue weighted by atomic mass is 10.1. The molecule has 3 nitrogen and oxygen atoms in total. The summed E-state index contributed by atoms with van der Waals surface area (Å²) in [5.41, 5.74) is 1.49. The van der Waals surface area contributed by atoms with Crippen LogP contribution < -0.4 is 0 Å². The van der Waals surface area contributed by atoms with Gasteiger partial charge in [0, 0.05) is 4.90 Å².